The standard InChI is InChI=1S/C21H22N6O2S/c1-14-11-17-20(22-13-23-21(17)30-14)27-9-7-26(8-10-27)12-18-24-19(25-29-18)15-3-5-16(28-2)6-4-15/h3-6,11,13H,7-10,12H2,1-2H3. The Morgan fingerprint density at radius 1 is 1.10 bits per heavy atom. The van der Waals surface area contributed by atoms with Gasteiger partial charge in [-0.1, -0.05) is 5.16 Å². The number of hydrogen-bond donors (Lipinski definition) is 0. The molecule has 0 atom stereocenters. The summed E-state index contributed by atoms with van der Waals surface area (Å²) in [5, 5.41) is 5.27. The molecule has 0 unspecified atom stereocenters. The number of piperazine rings is 1. The monoisotopic (exact) mass is 422 g/mol. The lowest BCUT2D eigenvalue weighted by molar-refractivity contribution is 0.215. The highest BCUT2D eigenvalue weighted by molar-refractivity contribution is 7.18. The molecule has 30 heavy (non-hydrogen) atoms. The molecule has 0 spiro atoms. The molecule has 0 radical (unpaired) electrons. The Labute approximate surface area is 178 Å². The molecule has 4 heterocycles. The molecule has 154 valence electrons. The second-order valence-electron chi connectivity index (χ2n) is 7.28. The van der Waals surface area contributed by atoms with E-state index < -0.39 is 0 Å². The molecule has 1 aliphatic rings. The van der Waals surface area contributed by atoms with Crippen LogP contribution in [0.15, 0.2) is 41.2 Å². The number of hydrogen-bond acceptors (Lipinski definition) is 9. The summed E-state index contributed by atoms with van der Waals surface area (Å²) < 4.78 is 10.7. The topological polar surface area (TPSA) is 80.4 Å². The van der Waals surface area contributed by atoms with Crippen molar-refractivity contribution in [1.82, 2.24) is 25.0 Å². The highest BCUT2D eigenvalue weighted by Gasteiger charge is 2.22. The first-order valence-corrected chi connectivity index (χ1v) is 10.7. The van der Waals surface area contributed by atoms with Crippen molar-refractivity contribution in [3.05, 3.63) is 47.4 Å². The Balaban J connectivity index is 1.23. The third kappa shape index (κ3) is 3.73. The van der Waals surface area contributed by atoms with Gasteiger partial charge in [-0.15, -0.1) is 11.3 Å². The maximum absolute atomic E-state index is 5.48. The number of ether oxygens (including phenoxy) is 1. The highest BCUT2D eigenvalue weighted by Crippen LogP contribution is 2.30. The van der Waals surface area contributed by atoms with Crippen LogP contribution in [0.4, 0.5) is 5.82 Å². The lowest BCUT2D eigenvalue weighted by Gasteiger charge is -2.34. The zero-order valence-corrected chi connectivity index (χ0v) is 17.7. The molecule has 0 aliphatic carbocycles. The van der Waals surface area contributed by atoms with E-state index in [1.54, 1.807) is 24.8 Å². The fraction of sp³-hybridized carbons (Fsp3) is 0.333. The summed E-state index contributed by atoms with van der Waals surface area (Å²) in [7, 11) is 1.65. The van der Waals surface area contributed by atoms with E-state index in [-0.39, 0.29) is 0 Å². The van der Waals surface area contributed by atoms with Crippen LogP contribution in [0.2, 0.25) is 0 Å². The van der Waals surface area contributed by atoms with Crippen LogP contribution >= 0.6 is 11.3 Å². The van der Waals surface area contributed by atoms with E-state index in [1.165, 1.54) is 4.88 Å². The fourth-order valence-corrected chi connectivity index (χ4v) is 4.54. The van der Waals surface area contributed by atoms with Crippen LogP contribution in [-0.2, 0) is 6.54 Å². The number of aromatic nitrogens is 4. The first-order valence-electron chi connectivity index (χ1n) is 9.85. The van der Waals surface area contributed by atoms with E-state index >= 15 is 0 Å². The van der Waals surface area contributed by atoms with Crippen LogP contribution in [0.25, 0.3) is 21.6 Å². The summed E-state index contributed by atoms with van der Waals surface area (Å²) in [6.45, 7) is 6.39. The number of aryl methyl sites for hydroxylation is 1. The van der Waals surface area contributed by atoms with Gasteiger partial charge in [-0.2, -0.15) is 4.98 Å². The molecule has 1 aromatic carbocycles. The quantitative estimate of drug-likeness (QED) is 0.484. The number of fused-ring (bicyclic) bond motifs is 1. The van der Waals surface area contributed by atoms with Crippen molar-refractivity contribution in [3.63, 3.8) is 0 Å². The van der Waals surface area contributed by atoms with E-state index in [0.29, 0.717) is 18.3 Å². The molecule has 0 bridgehead atoms. The van der Waals surface area contributed by atoms with Crippen molar-refractivity contribution in [2.24, 2.45) is 0 Å². The molecule has 8 nitrogen and oxygen atoms in total. The zero-order valence-electron chi connectivity index (χ0n) is 16.9. The largest absolute Gasteiger partial charge is 0.497 e. The average molecular weight is 423 g/mol. The Morgan fingerprint density at radius 3 is 2.67 bits per heavy atom. The molecule has 9 heteroatoms. The second-order valence-corrected chi connectivity index (χ2v) is 8.51. The minimum Gasteiger partial charge on any atom is -0.497 e. The third-order valence-corrected chi connectivity index (χ3v) is 6.24. The zero-order chi connectivity index (χ0) is 20.5. The summed E-state index contributed by atoms with van der Waals surface area (Å²) in [5.74, 6) is 3.07. The van der Waals surface area contributed by atoms with Gasteiger partial charge in [-0.3, -0.25) is 4.90 Å². The molecule has 0 N–H and O–H groups in total. The summed E-state index contributed by atoms with van der Waals surface area (Å²) in [6, 6.07) is 9.83. The number of benzene rings is 1. The van der Waals surface area contributed by atoms with Gasteiger partial charge in [-0.05, 0) is 37.3 Å². The molecule has 0 amide bonds. The summed E-state index contributed by atoms with van der Waals surface area (Å²) in [6.07, 6.45) is 1.67. The molecule has 4 aromatic rings. The smallest absolute Gasteiger partial charge is 0.241 e. The van der Waals surface area contributed by atoms with E-state index in [9.17, 15) is 0 Å². The molecular formula is C21H22N6O2S. The molecule has 3 aromatic heterocycles. The minimum atomic E-state index is 0.600. The SMILES string of the molecule is COc1ccc(-c2noc(CN3CCN(c4ncnc5sc(C)cc45)CC3)n2)cc1. The minimum absolute atomic E-state index is 0.600. The number of anilines is 1. The van der Waals surface area contributed by atoms with Crippen molar-refractivity contribution >= 4 is 27.4 Å². The predicted molar refractivity (Wildman–Crippen MR) is 116 cm³/mol. The van der Waals surface area contributed by atoms with Gasteiger partial charge in [0.1, 0.15) is 22.7 Å². The number of rotatable bonds is 5. The predicted octanol–water partition coefficient (Wildman–Crippen LogP) is 3.38. The third-order valence-electron chi connectivity index (χ3n) is 5.28. The number of nitrogens with zero attached hydrogens (tertiary/aromatic N) is 6. The van der Waals surface area contributed by atoms with Gasteiger partial charge in [0.15, 0.2) is 0 Å². The van der Waals surface area contributed by atoms with E-state index in [4.69, 9.17) is 9.26 Å². The van der Waals surface area contributed by atoms with Crippen LogP contribution < -0.4 is 9.64 Å². The Bertz CT molecular complexity index is 1150. The lowest BCUT2D eigenvalue weighted by atomic mass is 10.2. The van der Waals surface area contributed by atoms with Crippen molar-refractivity contribution < 1.29 is 9.26 Å². The average Bonchev–Trinajstić information content (AvgIpc) is 3.40. The van der Waals surface area contributed by atoms with Crippen LogP contribution in [0.1, 0.15) is 10.8 Å². The molecule has 0 saturated carbocycles. The van der Waals surface area contributed by atoms with Gasteiger partial charge in [-0.25, -0.2) is 9.97 Å². The van der Waals surface area contributed by atoms with Crippen molar-refractivity contribution in [3.8, 4) is 17.1 Å². The van der Waals surface area contributed by atoms with Crippen molar-refractivity contribution in [1.29, 1.82) is 0 Å². The summed E-state index contributed by atoms with van der Waals surface area (Å²) in [5.41, 5.74) is 0.912. The van der Waals surface area contributed by atoms with E-state index in [0.717, 1.165) is 53.5 Å². The first-order chi connectivity index (χ1) is 14.7. The van der Waals surface area contributed by atoms with Gasteiger partial charge in [0, 0.05) is 36.6 Å². The second kappa shape index (κ2) is 8.00. The van der Waals surface area contributed by atoms with Gasteiger partial charge in [0.25, 0.3) is 0 Å². The maximum atomic E-state index is 5.48. The molecule has 5 rings (SSSR count). The lowest BCUT2D eigenvalue weighted by Crippen LogP contribution is -2.46. The van der Waals surface area contributed by atoms with Crippen LogP contribution in [0, 0.1) is 6.92 Å². The normalized spacial score (nSPS) is 15.1. The summed E-state index contributed by atoms with van der Waals surface area (Å²) in [4.78, 5) is 20.5. The van der Waals surface area contributed by atoms with Crippen LogP contribution in [-0.4, -0.2) is 58.3 Å². The molecule has 1 fully saturated rings. The Morgan fingerprint density at radius 2 is 1.90 bits per heavy atom. The first kappa shape index (κ1) is 19.0. The Kier molecular flexibility index (Phi) is 5.06. The van der Waals surface area contributed by atoms with E-state index in [1.807, 2.05) is 24.3 Å². The molecule has 1 aliphatic heterocycles. The van der Waals surface area contributed by atoms with E-state index in [2.05, 4.69) is 42.9 Å². The maximum Gasteiger partial charge on any atom is 0.241 e. The Hall–Kier alpha value is -3.04. The number of methoxy groups -OCH3 is 1. The highest BCUT2D eigenvalue weighted by atomic mass is 32.1. The van der Waals surface area contributed by atoms with Crippen LogP contribution in [0.3, 0.4) is 0 Å². The fourth-order valence-electron chi connectivity index (χ4n) is 3.70. The number of thiophene rings is 1. The van der Waals surface area contributed by atoms with Crippen LogP contribution in [0.5, 0.6) is 5.75 Å². The summed E-state index contributed by atoms with van der Waals surface area (Å²) >= 11 is 1.71. The van der Waals surface area contributed by atoms with Gasteiger partial charge in [0.2, 0.25) is 11.7 Å². The molecule has 1 saturated heterocycles. The van der Waals surface area contributed by atoms with Crippen molar-refractivity contribution in [2.45, 2.75) is 13.5 Å². The van der Waals surface area contributed by atoms with Gasteiger partial charge in [0.05, 0.1) is 19.0 Å². The van der Waals surface area contributed by atoms with Gasteiger partial charge >= 0.3 is 0 Å². The molecular weight excluding hydrogens is 400 g/mol. The van der Waals surface area contributed by atoms with Gasteiger partial charge < -0.3 is 14.2 Å². The van der Waals surface area contributed by atoms with Crippen molar-refractivity contribution in [2.75, 3.05) is 38.2 Å².